The lowest BCUT2D eigenvalue weighted by Gasteiger charge is -2.17. The van der Waals surface area contributed by atoms with Gasteiger partial charge in [-0.15, -0.1) is 0 Å². The molecule has 1 aliphatic rings. The molecule has 4 heteroatoms. The molecule has 1 unspecified atom stereocenters. The summed E-state index contributed by atoms with van der Waals surface area (Å²) in [5.74, 6) is 0.650. The van der Waals surface area contributed by atoms with Crippen LogP contribution >= 0.6 is 0 Å². The van der Waals surface area contributed by atoms with Gasteiger partial charge < -0.3 is 5.11 Å². The number of nitrogens with zero attached hydrogens (tertiary/aromatic N) is 2. The number of hydrogen-bond donors (Lipinski definition) is 1. The Morgan fingerprint density at radius 3 is 3.07 bits per heavy atom. The van der Waals surface area contributed by atoms with E-state index in [4.69, 9.17) is 0 Å². The van der Waals surface area contributed by atoms with Crippen molar-refractivity contribution in [1.29, 1.82) is 0 Å². The van der Waals surface area contributed by atoms with Crippen LogP contribution in [0.25, 0.3) is 0 Å². The van der Waals surface area contributed by atoms with E-state index in [2.05, 4.69) is 4.98 Å². The highest BCUT2D eigenvalue weighted by Crippen LogP contribution is 2.23. The van der Waals surface area contributed by atoms with Crippen molar-refractivity contribution in [3.8, 4) is 0 Å². The molecule has 0 bridgehead atoms. The molecule has 0 saturated carbocycles. The van der Waals surface area contributed by atoms with Crippen molar-refractivity contribution >= 4 is 11.7 Å². The van der Waals surface area contributed by atoms with Crippen molar-refractivity contribution in [2.75, 3.05) is 11.4 Å². The summed E-state index contributed by atoms with van der Waals surface area (Å²) in [5, 5.41) is 9.40. The van der Waals surface area contributed by atoms with E-state index >= 15 is 0 Å². The van der Waals surface area contributed by atoms with Crippen LogP contribution in [0.5, 0.6) is 0 Å². The summed E-state index contributed by atoms with van der Waals surface area (Å²) in [7, 11) is 0. The molecule has 0 aliphatic carbocycles. The zero-order valence-corrected chi connectivity index (χ0v) is 8.68. The minimum Gasteiger partial charge on any atom is -0.391 e. The first-order chi connectivity index (χ1) is 7.22. The standard InChI is InChI=1S/C11H14N2O2/c1-2-8-4-3-5-12-11(8)13-7-9(14)6-10(13)15/h3-5,9,14H,2,6-7H2,1H3. The smallest absolute Gasteiger partial charge is 0.230 e. The number of aryl methyl sites for hydroxylation is 1. The molecule has 0 spiro atoms. The fourth-order valence-corrected chi connectivity index (χ4v) is 1.84. The van der Waals surface area contributed by atoms with Crippen LogP contribution in [0, 0.1) is 0 Å². The van der Waals surface area contributed by atoms with Crippen molar-refractivity contribution in [3.05, 3.63) is 23.9 Å². The van der Waals surface area contributed by atoms with E-state index in [0.717, 1.165) is 12.0 Å². The van der Waals surface area contributed by atoms with Gasteiger partial charge in [-0.3, -0.25) is 9.69 Å². The van der Waals surface area contributed by atoms with Gasteiger partial charge >= 0.3 is 0 Å². The highest BCUT2D eigenvalue weighted by molar-refractivity contribution is 5.95. The molecule has 1 saturated heterocycles. The molecule has 0 aromatic carbocycles. The van der Waals surface area contributed by atoms with E-state index in [1.165, 1.54) is 0 Å². The second-order valence-electron chi connectivity index (χ2n) is 3.70. The van der Waals surface area contributed by atoms with E-state index in [1.807, 2.05) is 19.1 Å². The molecule has 1 N–H and O–H groups in total. The van der Waals surface area contributed by atoms with E-state index in [1.54, 1.807) is 11.1 Å². The lowest BCUT2D eigenvalue weighted by atomic mass is 10.2. The lowest BCUT2D eigenvalue weighted by Crippen LogP contribution is -2.27. The number of carbonyl (C=O) groups excluding carboxylic acids is 1. The number of pyridine rings is 1. The fraction of sp³-hybridized carbons (Fsp3) is 0.455. The maximum Gasteiger partial charge on any atom is 0.230 e. The molecular formula is C11H14N2O2. The predicted octanol–water partition coefficient (Wildman–Crippen LogP) is 0.742. The number of carbonyl (C=O) groups is 1. The van der Waals surface area contributed by atoms with Gasteiger partial charge in [0, 0.05) is 6.20 Å². The van der Waals surface area contributed by atoms with Gasteiger partial charge in [-0.25, -0.2) is 4.98 Å². The molecule has 2 rings (SSSR count). The summed E-state index contributed by atoms with van der Waals surface area (Å²) < 4.78 is 0. The van der Waals surface area contributed by atoms with Crippen LogP contribution < -0.4 is 4.90 Å². The van der Waals surface area contributed by atoms with Gasteiger partial charge in [0.25, 0.3) is 0 Å². The third-order valence-corrected chi connectivity index (χ3v) is 2.61. The third kappa shape index (κ3) is 1.85. The number of aliphatic hydroxyl groups is 1. The van der Waals surface area contributed by atoms with E-state index in [-0.39, 0.29) is 12.3 Å². The number of hydrogen-bond acceptors (Lipinski definition) is 3. The summed E-state index contributed by atoms with van der Waals surface area (Å²) in [4.78, 5) is 17.4. The SMILES string of the molecule is CCc1cccnc1N1CC(O)CC1=O. The molecule has 2 heterocycles. The average Bonchev–Trinajstić information content (AvgIpc) is 2.57. The molecule has 4 nitrogen and oxygen atoms in total. The minimum absolute atomic E-state index is 0.0455. The Bertz CT molecular complexity index is 379. The Morgan fingerprint density at radius 1 is 1.67 bits per heavy atom. The quantitative estimate of drug-likeness (QED) is 0.776. The van der Waals surface area contributed by atoms with Gasteiger partial charge in [-0.2, -0.15) is 0 Å². The number of β-amino-alcohol motifs (C(OH)–C–C–N with tert-alkyl or cyclic N) is 1. The molecule has 1 amide bonds. The number of aliphatic hydroxyl groups excluding tert-OH is 1. The Hall–Kier alpha value is -1.42. The van der Waals surface area contributed by atoms with Gasteiger partial charge in [0.15, 0.2) is 0 Å². The summed E-state index contributed by atoms with van der Waals surface area (Å²) in [6, 6.07) is 3.82. The summed E-state index contributed by atoms with van der Waals surface area (Å²) in [6.45, 7) is 2.39. The number of rotatable bonds is 2. The van der Waals surface area contributed by atoms with Gasteiger partial charge in [-0.1, -0.05) is 13.0 Å². The molecule has 1 aromatic heterocycles. The number of anilines is 1. The third-order valence-electron chi connectivity index (χ3n) is 2.61. The molecular weight excluding hydrogens is 192 g/mol. The molecule has 1 atom stereocenters. The Balaban J connectivity index is 2.33. The maximum absolute atomic E-state index is 11.6. The normalized spacial score (nSPS) is 21.1. The highest BCUT2D eigenvalue weighted by atomic mass is 16.3. The highest BCUT2D eigenvalue weighted by Gasteiger charge is 2.30. The minimum atomic E-state index is -0.552. The topological polar surface area (TPSA) is 53.4 Å². The Morgan fingerprint density at radius 2 is 2.47 bits per heavy atom. The van der Waals surface area contributed by atoms with Crippen LogP contribution in [0.3, 0.4) is 0 Å². The van der Waals surface area contributed by atoms with Crippen molar-refractivity contribution < 1.29 is 9.90 Å². The average molecular weight is 206 g/mol. The van der Waals surface area contributed by atoms with Crippen molar-refractivity contribution in [3.63, 3.8) is 0 Å². The monoisotopic (exact) mass is 206 g/mol. The van der Waals surface area contributed by atoms with Crippen LogP contribution in [0.15, 0.2) is 18.3 Å². The van der Waals surface area contributed by atoms with Crippen LogP contribution in [0.4, 0.5) is 5.82 Å². The van der Waals surface area contributed by atoms with Crippen LogP contribution in [0.2, 0.25) is 0 Å². The zero-order valence-electron chi connectivity index (χ0n) is 8.68. The van der Waals surface area contributed by atoms with E-state index in [0.29, 0.717) is 12.4 Å². The largest absolute Gasteiger partial charge is 0.391 e. The zero-order chi connectivity index (χ0) is 10.8. The predicted molar refractivity (Wildman–Crippen MR) is 56.6 cm³/mol. The lowest BCUT2D eigenvalue weighted by molar-refractivity contribution is -0.117. The van der Waals surface area contributed by atoms with Gasteiger partial charge in [0.2, 0.25) is 5.91 Å². The Kier molecular flexibility index (Phi) is 2.68. The first-order valence-electron chi connectivity index (χ1n) is 5.14. The van der Waals surface area contributed by atoms with Gasteiger partial charge in [0.1, 0.15) is 5.82 Å². The second-order valence-corrected chi connectivity index (χ2v) is 3.70. The molecule has 1 fully saturated rings. The first-order valence-corrected chi connectivity index (χ1v) is 5.14. The maximum atomic E-state index is 11.6. The molecule has 1 aromatic rings. The van der Waals surface area contributed by atoms with E-state index < -0.39 is 6.10 Å². The van der Waals surface area contributed by atoms with Gasteiger partial charge in [-0.05, 0) is 18.1 Å². The van der Waals surface area contributed by atoms with Crippen LogP contribution in [-0.4, -0.2) is 28.6 Å². The first kappa shape index (κ1) is 10.1. The summed E-state index contributed by atoms with van der Waals surface area (Å²) in [6.07, 6.45) is 2.17. The van der Waals surface area contributed by atoms with Crippen molar-refractivity contribution in [2.24, 2.45) is 0 Å². The second kappa shape index (κ2) is 3.98. The molecule has 0 radical (unpaired) electrons. The van der Waals surface area contributed by atoms with Crippen LogP contribution in [0.1, 0.15) is 18.9 Å². The molecule has 15 heavy (non-hydrogen) atoms. The van der Waals surface area contributed by atoms with Crippen molar-refractivity contribution in [2.45, 2.75) is 25.9 Å². The van der Waals surface area contributed by atoms with Crippen LogP contribution in [-0.2, 0) is 11.2 Å². The summed E-state index contributed by atoms with van der Waals surface area (Å²) in [5.41, 5.74) is 1.04. The Labute approximate surface area is 88.6 Å². The molecule has 1 aliphatic heterocycles. The van der Waals surface area contributed by atoms with Crippen molar-refractivity contribution in [1.82, 2.24) is 4.98 Å². The summed E-state index contributed by atoms with van der Waals surface area (Å²) >= 11 is 0. The van der Waals surface area contributed by atoms with Gasteiger partial charge in [0.05, 0.1) is 19.1 Å². The number of amides is 1. The number of aromatic nitrogens is 1. The molecule has 80 valence electrons. The van der Waals surface area contributed by atoms with E-state index in [9.17, 15) is 9.90 Å². The fourth-order valence-electron chi connectivity index (χ4n) is 1.84.